The number of hydrogen-bond donors (Lipinski definition) is 1. The van der Waals surface area contributed by atoms with Crippen molar-refractivity contribution >= 4 is 0 Å². The SMILES string of the molecule is CCc1ccccc1C(CN)OC. The largest absolute Gasteiger partial charge is 0.375 e. The first-order valence-electron chi connectivity index (χ1n) is 4.64. The summed E-state index contributed by atoms with van der Waals surface area (Å²) in [6.07, 6.45) is 1.06. The van der Waals surface area contributed by atoms with Gasteiger partial charge in [0, 0.05) is 13.7 Å². The predicted molar refractivity (Wildman–Crippen MR) is 54.6 cm³/mol. The van der Waals surface area contributed by atoms with E-state index in [9.17, 15) is 0 Å². The Balaban J connectivity index is 2.96. The maximum absolute atomic E-state index is 5.61. The summed E-state index contributed by atoms with van der Waals surface area (Å²) in [5.41, 5.74) is 8.15. The second kappa shape index (κ2) is 5.00. The van der Waals surface area contributed by atoms with E-state index in [0.717, 1.165) is 6.42 Å². The maximum Gasteiger partial charge on any atom is 0.0945 e. The van der Waals surface area contributed by atoms with E-state index in [1.165, 1.54) is 11.1 Å². The Labute approximate surface area is 79.7 Å². The number of rotatable bonds is 4. The van der Waals surface area contributed by atoms with E-state index in [0.29, 0.717) is 6.54 Å². The highest BCUT2D eigenvalue weighted by Crippen LogP contribution is 2.20. The van der Waals surface area contributed by atoms with Crippen molar-refractivity contribution in [3.8, 4) is 0 Å². The van der Waals surface area contributed by atoms with Gasteiger partial charge in [0.2, 0.25) is 0 Å². The molecule has 1 atom stereocenters. The van der Waals surface area contributed by atoms with Crippen LogP contribution in [0.15, 0.2) is 24.3 Å². The summed E-state index contributed by atoms with van der Waals surface area (Å²) in [5.74, 6) is 0. The average Bonchev–Trinajstić information content (AvgIpc) is 2.20. The number of methoxy groups -OCH3 is 1. The first kappa shape index (κ1) is 10.2. The molecule has 13 heavy (non-hydrogen) atoms. The van der Waals surface area contributed by atoms with Gasteiger partial charge in [-0.05, 0) is 17.5 Å². The lowest BCUT2D eigenvalue weighted by atomic mass is 10.0. The minimum absolute atomic E-state index is 0.0381. The van der Waals surface area contributed by atoms with E-state index in [1.54, 1.807) is 7.11 Å². The number of benzene rings is 1. The summed E-state index contributed by atoms with van der Waals surface area (Å²) >= 11 is 0. The smallest absolute Gasteiger partial charge is 0.0945 e. The second-order valence-electron chi connectivity index (χ2n) is 3.01. The molecule has 0 amide bonds. The van der Waals surface area contributed by atoms with Crippen molar-refractivity contribution in [3.63, 3.8) is 0 Å². The summed E-state index contributed by atoms with van der Waals surface area (Å²) in [6, 6.07) is 8.28. The molecular weight excluding hydrogens is 162 g/mol. The Hall–Kier alpha value is -0.860. The standard InChI is InChI=1S/C11H17NO/c1-3-9-6-4-5-7-10(9)11(8-12)13-2/h4-7,11H,3,8,12H2,1-2H3. The van der Waals surface area contributed by atoms with Crippen LogP contribution in [-0.2, 0) is 11.2 Å². The van der Waals surface area contributed by atoms with Gasteiger partial charge in [-0.15, -0.1) is 0 Å². The van der Waals surface area contributed by atoms with Crippen molar-refractivity contribution in [1.29, 1.82) is 0 Å². The third-order valence-electron chi connectivity index (χ3n) is 2.28. The summed E-state index contributed by atoms with van der Waals surface area (Å²) in [6.45, 7) is 2.68. The van der Waals surface area contributed by atoms with E-state index < -0.39 is 0 Å². The zero-order chi connectivity index (χ0) is 9.68. The van der Waals surface area contributed by atoms with Crippen molar-refractivity contribution in [2.75, 3.05) is 13.7 Å². The molecule has 0 aliphatic heterocycles. The first-order valence-corrected chi connectivity index (χ1v) is 4.64. The molecule has 0 spiro atoms. The lowest BCUT2D eigenvalue weighted by Crippen LogP contribution is -2.15. The third kappa shape index (κ3) is 2.29. The lowest BCUT2D eigenvalue weighted by Gasteiger charge is -2.16. The van der Waals surface area contributed by atoms with Crippen LogP contribution in [0.2, 0.25) is 0 Å². The fourth-order valence-corrected chi connectivity index (χ4v) is 1.52. The summed E-state index contributed by atoms with van der Waals surface area (Å²) in [7, 11) is 1.70. The third-order valence-corrected chi connectivity index (χ3v) is 2.28. The van der Waals surface area contributed by atoms with Crippen LogP contribution in [-0.4, -0.2) is 13.7 Å². The second-order valence-corrected chi connectivity index (χ2v) is 3.01. The molecular formula is C11H17NO. The summed E-state index contributed by atoms with van der Waals surface area (Å²) in [5, 5.41) is 0. The van der Waals surface area contributed by atoms with Gasteiger partial charge in [0.15, 0.2) is 0 Å². The zero-order valence-corrected chi connectivity index (χ0v) is 8.29. The van der Waals surface area contributed by atoms with Gasteiger partial charge >= 0.3 is 0 Å². The van der Waals surface area contributed by atoms with Crippen LogP contribution in [0.5, 0.6) is 0 Å². The van der Waals surface area contributed by atoms with Gasteiger partial charge in [-0.2, -0.15) is 0 Å². The van der Waals surface area contributed by atoms with Crippen molar-refractivity contribution in [1.82, 2.24) is 0 Å². The Morgan fingerprint density at radius 1 is 1.38 bits per heavy atom. The Morgan fingerprint density at radius 3 is 2.62 bits per heavy atom. The minimum atomic E-state index is 0.0381. The topological polar surface area (TPSA) is 35.2 Å². The molecule has 0 radical (unpaired) electrons. The van der Waals surface area contributed by atoms with Crippen LogP contribution < -0.4 is 5.73 Å². The molecule has 0 aliphatic rings. The molecule has 0 heterocycles. The van der Waals surface area contributed by atoms with Crippen molar-refractivity contribution < 1.29 is 4.74 Å². The minimum Gasteiger partial charge on any atom is -0.375 e. The lowest BCUT2D eigenvalue weighted by molar-refractivity contribution is 0.110. The Kier molecular flexibility index (Phi) is 3.93. The molecule has 72 valence electrons. The van der Waals surface area contributed by atoms with Gasteiger partial charge in [-0.25, -0.2) is 0 Å². The molecule has 0 saturated heterocycles. The van der Waals surface area contributed by atoms with Gasteiger partial charge in [0.1, 0.15) is 0 Å². The first-order chi connectivity index (χ1) is 6.33. The normalized spacial score (nSPS) is 12.8. The van der Waals surface area contributed by atoms with Gasteiger partial charge in [-0.3, -0.25) is 0 Å². The van der Waals surface area contributed by atoms with Crippen LogP contribution in [0, 0.1) is 0 Å². The maximum atomic E-state index is 5.61. The molecule has 0 fully saturated rings. The van der Waals surface area contributed by atoms with E-state index in [4.69, 9.17) is 10.5 Å². The molecule has 1 aromatic carbocycles. The molecule has 2 nitrogen and oxygen atoms in total. The van der Waals surface area contributed by atoms with Crippen LogP contribution in [0.3, 0.4) is 0 Å². The van der Waals surface area contributed by atoms with E-state index in [-0.39, 0.29) is 6.10 Å². The highest BCUT2D eigenvalue weighted by Gasteiger charge is 2.10. The molecule has 2 N–H and O–H groups in total. The van der Waals surface area contributed by atoms with Gasteiger partial charge in [0.05, 0.1) is 6.10 Å². The summed E-state index contributed by atoms with van der Waals surface area (Å²) < 4.78 is 5.30. The fourth-order valence-electron chi connectivity index (χ4n) is 1.52. The molecule has 1 rings (SSSR count). The van der Waals surface area contributed by atoms with E-state index in [1.807, 2.05) is 12.1 Å². The van der Waals surface area contributed by atoms with Crippen LogP contribution in [0.4, 0.5) is 0 Å². The quantitative estimate of drug-likeness (QED) is 0.766. The summed E-state index contributed by atoms with van der Waals surface area (Å²) in [4.78, 5) is 0. The monoisotopic (exact) mass is 179 g/mol. The molecule has 0 bridgehead atoms. The zero-order valence-electron chi connectivity index (χ0n) is 8.29. The van der Waals surface area contributed by atoms with Crippen LogP contribution in [0.1, 0.15) is 24.2 Å². The Bertz CT molecular complexity index is 256. The molecule has 0 aromatic heterocycles. The molecule has 0 saturated carbocycles. The number of aryl methyl sites for hydroxylation is 1. The number of ether oxygens (including phenoxy) is 1. The van der Waals surface area contributed by atoms with E-state index >= 15 is 0 Å². The molecule has 1 aromatic rings. The van der Waals surface area contributed by atoms with Gasteiger partial charge in [-0.1, -0.05) is 31.2 Å². The predicted octanol–water partition coefficient (Wildman–Crippen LogP) is 1.90. The van der Waals surface area contributed by atoms with E-state index in [2.05, 4.69) is 19.1 Å². The van der Waals surface area contributed by atoms with Crippen molar-refractivity contribution in [2.45, 2.75) is 19.4 Å². The highest BCUT2D eigenvalue weighted by atomic mass is 16.5. The molecule has 1 unspecified atom stereocenters. The molecule has 2 heteroatoms. The van der Waals surface area contributed by atoms with Gasteiger partial charge in [0.25, 0.3) is 0 Å². The van der Waals surface area contributed by atoms with Crippen molar-refractivity contribution in [2.24, 2.45) is 5.73 Å². The van der Waals surface area contributed by atoms with Crippen LogP contribution in [0.25, 0.3) is 0 Å². The number of nitrogens with two attached hydrogens (primary N) is 1. The number of hydrogen-bond acceptors (Lipinski definition) is 2. The Morgan fingerprint density at radius 2 is 2.08 bits per heavy atom. The van der Waals surface area contributed by atoms with Gasteiger partial charge < -0.3 is 10.5 Å². The van der Waals surface area contributed by atoms with Crippen LogP contribution >= 0.6 is 0 Å². The molecule has 0 aliphatic carbocycles. The average molecular weight is 179 g/mol. The van der Waals surface area contributed by atoms with Crippen molar-refractivity contribution in [3.05, 3.63) is 35.4 Å². The highest BCUT2D eigenvalue weighted by molar-refractivity contribution is 5.29. The fraction of sp³-hybridized carbons (Fsp3) is 0.455.